The lowest BCUT2D eigenvalue weighted by Crippen LogP contribution is -2.18. The fourth-order valence-corrected chi connectivity index (χ4v) is 2.79. The average Bonchev–Trinajstić information content (AvgIpc) is 2.87. The summed E-state index contributed by atoms with van der Waals surface area (Å²) >= 11 is 0. The van der Waals surface area contributed by atoms with E-state index in [4.69, 9.17) is 5.11 Å². The fourth-order valence-electron chi connectivity index (χ4n) is 2.79. The van der Waals surface area contributed by atoms with Gasteiger partial charge in [0.25, 0.3) is 0 Å². The maximum Gasteiger partial charge on any atom is 0.332 e. The monoisotopic (exact) mass is 320 g/mol. The Kier molecular flexibility index (Phi) is 9.22. The van der Waals surface area contributed by atoms with Gasteiger partial charge in [0, 0.05) is 18.8 Å². The van der Waals surface area contributed by atoms with E-state index >= 15 is 0 Å². The van der Waals surface area contributed by atoms with Crippen LogP contribution in [0.1, 0.15) is 51.9 Å². The van der Waals surface area contributed by atoms with Crippen molar-refractivity contribution in [3.63, 3.8) is 0 Å². The average molecular weight is 320 g/mol. The summed E-state index contributed by atoms with van der Waals surface area (Å²) in [4.78, 5) is 22.5. The van der Waals surface area contributed by atoms with Crippen LogP contribution in [-0.4, -0.2) is 28.1 Å². The largest absolute Gasteiger partial charge is 0.479 e. The van der Waals surface area contributed by atoms with Crippen LogP contribution in [0.3, 0.4) is 0 Å². The van der Waals surface area contributed by atoms with Crippen molar-refractivity contribution >= 4 is 11.8 Å². The van der Waals surface area contributed by atoms with Crippen molar-refractivity contribution in [2.24, 2.45) is 11.8 Å². The molecule has 4 heteroatoms. The summed E-state index contributed by atoms with van der Waals surface area (Å²) in [5.41, 5.74) is 0. The molecule has 1 aliphatic rings. The maximum atomic E-state index is 12.0. The molecule has 0 amide bonds. The van der Waals surface area contributed by atoms with E-state index < -0.39 is 12.1 Å². The second-order valence-corrected chi connectivity index (χ2v) is 5.96. The first-order valence-corrected chi connectivity index (χ1v) is 8.46. The summed E-state index contributed by atoms with van der Waals surface area (Å²) in [5, 5.41) is 17.8. The van der Waals surface area contributed by atoms with Crippen molar-refractivity contribution in [3.05, 3.63) is 36.5 Å². The van der Waals surface area contributed by atoms with Crippen molar-refractivity contribution in [1.82, 2.24) is 0 Å². The normalized spacial score (nSPS) is 23.5. The molecule has 0 spiro atoms. The van der Waals surface area contributed by atoms with Crippen LogP contribution in [0.25, 0.3) is 0 Å². The summed E-state index contributed by atoms with van der Waals surface area (Å²) in [6.07, 6.45) is 16.1. The molecule has 0 heterocycles. The van der Waals surface area contributed by atoms with Crippen molar-refractivity contribution < 1.29 is 19.8 Å². The Hall–Kier alpha value is -1.68. The van der Waals surface area contributed by atoms with Crippen LogP contribution in [0, 0.1) is 11.8 Å². The van der Waals surface area contributed by atoms with Crippen molar-refractivity contribution in [3.8, 4) is 0 Å². The number of carbonyl (C=O) groups is 2. The number of aliphatic carboxylic acids is 1. The van der Waals surface area contributed by atoms with Crippen LogP contribution >= 0.6 is 0 Å². The number of ketones is 1. The van der Waals surface area contributed by atoms with Gasteiger partial charge in [-0.25, -0.2) is 4.79 Å². The van der Waals surface area contributed by atoms with Gasteiger partial charge in [0.1, 0.15) is 5.78 Å². The minimum Gasteiger partial charge on any atom is -0.479 e. The third-order valence-corrected chi connectivity index (χ3v) is 4.14. The number of aliphatic hydroxyl groups is 1. The molecule has 23 heavy (non-hydrogen) atoms. The SMILES string of the molecule is CCC=CCCC=C[C@H]1CCC(=O)[C@@H]1CC=CCC(O)C(=O)O. The number of carboxylic acid groups (broad SMARTS) is 1. The van der Waals surface area contributed by atoms with Gasteiger partial charge in [-0.2, -0.15) is 0 Å². The summed E-state index contributed by atoms with van der Waals surface area (Å²) < 4.78 is 0. The molecule has 0 aliphatic heterocycles. The lowest BCUT2D eigenvalue weighted by Gasteiger charge is -2.12. The molecule has 128 valence electrons. The Bertz CT molecular complexity index is 462. The zero-order valence-electron chi connectivity index (χ0n) is 13.9. The van der Waals surface area contributed by atoms with Gasteiger partial charge in [0.05, 0.1) is 0 Å². The Morgan fingerprint density at radius 1 is 1.22 bits per heavy atom. The summed E-state index contributed by atoms with van der Waals surface area (Å²) in [6.45, 7) is 2.12. The van der Waals surface area contributed by atoms with Crippen molar-refractivity contribution in [2.45, 2.75) is 58.0 Å². The first-order valence-electron chi connectivity index (χ1n) is 8.46. The highest BCUT2D eigenvalue weighted by atomic mass is 16.4. The minimum atomic E-state index is -1.36. The Labute approximate surface area is 138 Å². The molecule has 3 atom stereocenters. The van der Waals surface area contributed by atoms with Crippen molar-refractivity contribution in [1.29, 1.82) is 0 Å². The number of unbranched alkanes of at least 4 members (excludes halogenated alkanes) is 1. The molecule has 0 aromatic heterocycles. The van der Waals surface area contributed by atoms with E-state index in [2.05, 4.69) is 31.2 Å². The van der Waals surface area contributed by atoms with E-state index in [0.717, 1.165) is 25.7 Å². The van der Waals surface area contributed by atoms with Gasteiger partial charge in [0.2, 0.25) is 0 Å². The number of aliphatic hydroxyl groups excluding tert-OH is 1. The van der Waals surface area contributed by atoms with E-state index in [-0.39, 0.29) is 24.0 Å². The lowest BCUT2D eigenvalue weighted by atomic mass is 9.91. The Morgan fingerprint density at radius 3 is 2.65 bits per heavy atom. The number of carbonyl (C=O) groups excluding carboxylic acids is 1. The van der Waals surface area contributed by atoms with E-state index in [0.29, 0.717) is 12.8 Å². The third kappa shape index (κ3) is 7.42. The summed E-state index contributed by atoms with van der Waals surface area (Å²) in [5.74, 6) is -0.652. The predicted molar refractivity (Wildman–Crippen MR) is 91.0 cm³/mol. The standard InChI is InChI=1S/C19H28O4/c1-2-3-4-5-6-7-10-15-13-14-17(20)16(15)11-8-9-12-18(21)19(22)23/h3-4,7-10,15-16,18,21H,2,5-6,11-14H2,1H3,(H,22,23)/t15-,16+,18?/m0/s1. The first-order chi connectivity index (χ1) is 11.1. The number of rotatable bonds is 10. The number of allylic oxidation sites excluding steroid dienone is 5. The second kappa shape index (κ2) is 10.9. The first kappa shape index (κ1) is 19.4. The van der Waals surface area contributed by atoms with Crippen LogP contribution in [-0.2, 0) is 9.59 Å². The van der Waals surface area contributed by atoms with E-state index in [1.165, 1.54) is 0 Å². The lowest BCUT2D eigenvalue weighted by molar-refractivity contribution is -0.146. The van der Waals surface area contributed by atoms with Gasteiger partial charge < -0.3 is 10.2 Å². The Balaban J connectivity index is 2.40. The van der Waals surface area contributed by atoms with E-state index in [9.17, 15) is 14.7 Å². The van der Waals surface area contributed by atoms with Gasteiger partial charge in [0.15, 0.2) is 6.10 Å². The molecule has 0 aromatic rings. The zero-order chi connectivity index (χ0) is 17.1. The molecular formula is C19H28O4. The number of Topliss-reactive ketones (excluding diaryl/α,β-unsaturated/α-hetero) is 1. The Morgan fingerprint density at radius 2 is 1.96 bits per heavy atom. The molecule has 0 radical (unpaired) electrons. The van der Waals surface area contributed by atoms with Gasteiger partial charge in [-0.1, -0.05) is 43.4 Å². The van der Waals surface area contributed by atoms with Gasteiger partial charge in [-0.15, -0.1) is 0 Å². The molecule has 1 rings (SSSR count). The van der Waals surface area contributed by atoms with Crippen molar-refractivity contribution in [2.75, 3.05) is 0 Å². The highest BCUT2D eigenvalue weighted by molar-refractivity contribution is 5.83. The number of hydrogen-bond donors (Lipinski definition) is 2. The highest BCUT2D eigenvalue weighted by Gasteiger charge is 2.31. The van der Waals surface area contributed by atoms with Crippen LogP contribution in [0.15, 0.2) is 36.5 Å². The van der Waals surface area contributed by atoms with Crippen LogP contribution < -0.4 is 0 Å². The van der Waals surface area contributed by atoms with Crippen LogP contribution in [0.2, 0.25) is 0 Å². The quantitative estimate of drug-likeness (QED) is 0.476. The zero-order valence-corrected chi connectivity index (χ0v) is 13.9. The smallest absolute Gasteiger partial charge is 0.332 e. The maximum absolute atomic E-state index is 12.0. The van der Waals surface area contributed by atoms with E-state index in [1.54, 1.807) is 6.08 Å². The fraction of sp³-hybridized carbons (Fsp3) is 0.579. The topological polar surface area (TPSA) is 74.6 Å². The van der Waals surface area contributed by atoms with Gasteiger partial charge in [-0.3, -0.25) is 4.79 Å². The molecule has 1 unspecified atom stereocenters. The third-order valence-electron chi connectivity index (χ3n) is 4.14. The molecular weight excluding hydrogens is 292 g/mol. The molecule has 1 fully saturated rings. The number of hydrogen-bond acceptors (Lipinski definition) is 3. The summed E-state index contributed by atoms with van der Waals surface area (Å²) in [6, 6.07) is 0. The highest BCUT2D eigenvalue weighted by Crippen LogP contribution is 2.32. The molecule has 0 saturated heterocycles. The minimum absolute atomic E-state index is 0.00402. The molecule has 0 bridgehead atoms. The second-order valence-electron chi connectivity index (χ2n) is 5.96. The van der Waals surface area contributed by atoms with Crippen LogP contribution in [0.4, 0.5) is 0 Å². The molecule has 2 N–H and O–H groups in total. The molecule has 1 saturated carbocycles. The van der Waals surface area contributed by atoms with Crippen LogP contribution in [0.5, 0.6) is 0 Å². The molecule has 1 aliphatic carbocycles. The molecule has 0 aromatic carbocycles. The van der Waals surface area contributed by atoms with Gasteiger partial charge in [-0.05, 0) is 38.0 Å². The molecule has 4 nitrogen and oxygen atoms in total. The number of carboxylic acids is 1. The predicted octanol–water partition coefficient (Wildman–Crippen LogP) is 3.67. The summed E-state index contributed by atoms with van der Waals surface area (Å²) in [7, 11) is 0. The van der Waals surface area contributed by atoms with Gasteiger partial charge >= 0.3 is 5.97 Å². The van der Waals surface area contributed by atoms with E-state index in [1.807, 2.05) is 6.08 Å².